The van der Waals surface area contributed by atoms with Gasteiger partial charge in [0.1, 0.15) is 0 Å². The largest absolute Gasteiger partial charge is 0.352 e. The Hall–Kier alpha value is -2.82. The average Bonchev–Trinajstić information content (AvgIpc) is 3.39. The molecule has 142 valence electrons. The molecule has 11 heteroatoms. The lowest BCUT2D eigenvalue weighted by Crippen LogP contribution is -2.26. The van der Waals surface area contributed by atoms with Crippen molar-refractivity contribution in [1.29, 1.82) is 0 Å². The van der Waals surface area contributed by atoms with E-state index in [1.807, 2.05) is 22.9 Å². The first-order chi connectivity index (χ1) is 13.5. The van der Waals surface area contributed by atoms with E-state index in [2.05, 4.69) is 15.4 Å². The number of carbonyl (C=O) groups is 1. The number of halogens is 1. The summed E-state index contributed by atoms with van der Waals surface area (Å²) in [7, 11) is 0. The van der Waals surface area contributed by atoms with Gasteiger partial charge in [-0.3, -0.25) is 14.9 Å². The predicted molar refractivity (Wildman–Crippen MR) is 108 cm³/mol. The first kappa shape index (κ1) is 18.5. The van der Waals surface area contributed by atoms with Crippen molar-refractivity contribution in [2.45, 2.75) is 6.42 Å². The molecule has 3 heterocycles. The second-order valence-corrected chi connectivity index (χ2v) is 7.95. The third kappa shape index (κ3) is 3.61. The molecule has 0 fully saturated rings. The Labute approximate surface area is 171 Å². The number of aromatic nitrogens is 3. The molecule has 4 rings (SSSR count). The van der Waals surface area contributed by atoms with Gasteiger partial charge in [-0.25, -0.2) is 4.52 Å². The number of hydrogen-bond donors (Lipinski definition) is 1. The lowest BCUT2D eigenvalue weighted by Gasteiger charge is -2.06. The van der Waals surface area contributed by atoms with Gasteiger partial charge in [-0.15, -0.1) is 27.8 Å². The summed E-state index contributed by atoms with van der Waals surface area (Å²) < 4.78 is 1.78. The summed E-state index contributed by atoms with van der Waals surface area (Å²) in [5.41, 5.74) is 0.976. The third-order valence-corrected chi connectivity index (χ3v) is 6.01. The van der Waals surface area contributed by atoms with Crippen molar-refractivity contribution in [2.24, 2.45) is 0 Å². The van der Waals surface area contributed by atoms with Crippen LogP contribution in [0.25, 0.3) is 15.7 Å². The lowest BCUT2D eigenvalue weighted by molar-refractivity contribution is -0.384. The number of non-ortho nitro benzene ring substituents is 1. The summed E-state index contributed by atoms with van der Waals surface area (Å²) in [4.78, 5) is 28.8. The molecule has 0 unspecified atom stereocenters. The maximum atomic E-state index is 12.3. The van der Waals surface area contributed by atoms with Gasteiger partial charge in [-0.05, 0) is 17.5 Å². The Bertz CT molecular complexity index is 1170. The lowest BCUT2D eigenvalue weighted by atomic mass is 10.2. The number of nitro benzene ring substituents is 1. The van der Waals surface area contributed by atoms with Crippen molar-refractivity contribution in [1.82, 2.24) is 19.9 Å². The SMILES string of the molecule is O=C(NCCc1csc2nc(-c3cccs3)nn12)c1ccc([N+](=O)[O-])cc1Cl. The second kappa shape index (κ2) is 7.66. The number of nitro groups is 1. The fraction of sp³-hybridized carbons (Fsp3) is 0.118. The van der Waals surface area contributed by atoms with Crippen LogP contribution in [0.2, 0.25) is 5.02 Å². The van der Waals surface area contributed by atoms with E-state index in [0.717, 1.165) is 15.5 Å². The van der Waals surface area contributed by atoms with Crippen LogP contribution in [0.3, 0.4) is 0 Å². The summed E-state index contributed by atoms with van der Waals surface area (Å²) in [5, 5.41) is 22.1. The molecule has 0 atom stereocenters. The molecule has 0 aliphatic rings. The molecule has 1 aromatic carbocycles. The van der Waals surface area contributed by atoms with Crippen LogP contribution in [0.1, 0.15) is 16.1 Å². The van der Waals surface area contributed by atoms with Crippen molar-refractivity contribution < 1.29 is 9.72 Å². The van der Waals surface area contributed by atoms with E-state index < -0.39 is 4.92 Å². The molecule has 1 amide bonds. The normalized spacial score (nSPS) is 11.0. The molecule has 1 N–H and O–H groups in total. The van der Waals surface area contributed by atoms with Crippen LogP contribution in [-0.2, 0) is 6.42 Å². The third-order valence-electron chi connectivity index (χ3n) is 3.97. The number of benzene rings is 1. The van der Waals surface area contributed by atoms with Crippen LogP contribution in [0, 0.1) is 10.1 Å². The summed E-state index contributed by atoms with van der Waals surface area (Å²) >= 11 is 9.06. The minimum Gasteiger partial charge on any atom is -0.352 e. The number of carbonyl (C=O) groups excluding carboxylic acids is 1. The van der Waals surface area contributed by atoms with Gasteiger partial charge in [0.15, 0.2) is 5.82 Å². The number of thiazole rings is 1. The fourth-order valence-electron chi connectivity index (χ4n) is 2.61. The Balaban J connectivity index is 1.42. The van der Waals surface area contributed by atoms with Gasteiger partial charge < -0.3 is 5.32 Å². The van der Waals surface area contributed by atoms with Crippen LogP contribution < -0.4 is 5.32 Å². The van der Waals surface area contributed by atoms with Crippen LogP contribution >= 0.6 is 34.3 Å². The highest BCUT2D eigenvalue weighted by atomic mass is 35.5. The molecule has 0 aliphatic carbocycles. The van der Waals surface area contributed by atoms with Gasteiger partial charge in [0.2, 0.25) is 4.96 Å². The number of amides is 1. The molecule has 0 radical (unpaired) electrons. The molecule has 0 bridgehead atoms. The standard InChI is InChI=1S/C17H12ClN5O3S2/c18-13-8-10(23(25)26)3-4-12(13)16(24)19-6-5-11-9-28-17-20-15(21-22(11)17)14-2-1-7-27-14/h1-4,7-9H,5-6H2,(H,19,24). The summed E-state index contributed by atoms with van der Waals surface area (Å²) in [6.07, 6.45) is 0.559. The number of fused-ring (bicyclic) bond motifs is 1. The minimum atomic E-state index is -0.558. The molecular weight excluding hydrogens is 422 g/mol. The molecule has 0 spiro atoms. The van der Waals surface area contributed by atoms with E-state index in [1.165, 1.54) is 29.5 Å². The molecule has 0 aliphatic heterocycles. The molecule has 3 aromatic heterocycles. The Morgan fingerprint density at radius 1 is 1.32 bits per heavy atom. The highest BCUT2D eigenvalue weighted by Crippen LogP contribution is 2.25. The van der Waals surface area contributed by atoms with Gasteiger partial charge in [0.25, 0.3) is 11.6 Å². The fourth-order valence-corrected chi connectivity index (χ4v) is 4.38. The van der Waals surface area contributed by atoms with Crippen LogP contribution in [-0.4, -0.2) is 32.0 Å². The Kier molecular flexibility index (Phi) is 5.07. The molecule has 28 heavy (non-hydrogen) atoms. The van der Waals surface area contributed by atoms with Gasteiger partial charge in [0, 0.05) is 30.5 Å². The van der Waals surface area contributed by atoms with Gasteiger partial charge in [0.05, 0.1) is 26.1 Å². The maximum absolute atomic E-state index is 12.3. The van der Waals surface area contributed by atoms with E-state index in [-0.39, 0.29) is 22.2 Å². The smallest absolute Gasteiger partial charge is 0.270 e. The van der Waals surface area contributed by atoms with Crippen molar-refractivity contribution in [2.75, 3.05) is 6.54 Å². The molecule has 4 aromatic rings. The zero-order valence-corrected chi connectivity index (χ0v) is 16.6. The first-order valence-electron chi connectivity index (χ1n) is 8.12. The van der Waals surface area contributed by atoms with Gasteiger partial charge in [-0.1, -0.05) is 17.7 Å². The Morgan fingerprint density at radius 2 is 2.18 bits per heavy atom. The highest BCUT2D eigenvalue weighted by molar-refractivity contribution is 7.15. The van der Waals surface area contributed by atoms with E-state index >= 15 is 0 Å². The zero-order valence-electron chi connectivity index (χ0n) is 14.2. The van der Waals surface area contributed by atoms with E-state index in [0.29, 0.717) is 18.8 Å². The van der Waals surface area contributed by atoms with Crippen LogP contribution in [0.15, 0.2) is 41.1 Å². The summed E-state index contributed by atoms with van der Waals surface area (Å²) in [6, 6.07) is 7.70. The number of rotatable bonds is 6. The molecule has 0 saturated carbocycles. The van der Waals surface area contributed by atoms with Crippen molar-refractivity contribution in [3.05, 3.63) is 67.5 Å². The summed E-state index contributed by atoms with van der Waals surface area (Å²) in [5.74, 6) is 0.300. The topological polar surface area (TPSA) is 102 Å². The monoisotopic (exact) mass is 433 g/mol. The van der Waals surface area contributed by atoms with Crippen molar-refractivity contribution in [3.63, 3.8) is 0 Å². The van der Waals surface area contributed by atoms with Crippen molar-refractivity contribution >= 4 is 50.8 Å². The first-order valence-corrected chi connectivity index (χ1v) is 10.3. The van der Waals surface area contributed by atoms with Crippen molar-refractivity contribution in [3.8, 4) is 10.7 Å². The van der Waals surface area contributed by atoms with Gasteiger partial charge >= 0.3 is 0 Å². The number of nitrogens with zero attached hydrogens (tertiary/aromatic N) is 4. The van der Waals surface area contributed by atoms with Crippen LogP contribution in [0.5, 0.6) is 0 Å². The van der Waals surface area contributed by atoms with Gasteiger partial charge in [-0.2, -0.15) is 4.98 Å². The molecular formula is C17H12ClN5O3S2. The minimum absolute atomic E-state index is 0.0430. The van der Waals surface area contributed by atoms with E-state index in [4.69, 9.17) is 11.6 Å². The quantitative estimate of drug-likeness (QED) is 0.365. The molecule has 8 nitrogen and oxygen atoms in total. The Morgan fingerprint density at radius 3 is 2.89 bits per heavy atom. The predicted octanol–water partition coefficient (Wildman–Crippen LogP) is 4.05. The van der Waals surface area contributed by atoms with E-state index in [9.17, 15) is 14.9 Å². The van der Waals surface area contributed by atoms with Crippen LogP contribution in [0.4, 0.5) is 5.69 Å². The number of thiophene rings is 1. The second-order valence-electron chi connectivity index (χ2n) is 5.76. The number of hydrogen-bond acceptors (Lipinski definition) is 7. The average molecular weight is 434 g/mol. The molecule has 0 saturated heterocycles. The highest BCUT2D eigenvalue weighted by Gasteiger charge is 2.16. The zero-order chi connectivity index (χ0) is 19.7. The van der Waals surface area contributed by atoms with E-state index in [1.54, 1.807) is 15.9 Å². The maximum Gasteiger partial charge on any atom is 0.270 e. The summed E-state index contributed by atoms with van der Waals surface area (Å²) in [6.45, 7) is 0.367. The number of nitrogens with one attached hydrogen (secondary N) is 1.